The minimum absolute atomic E-state index is 0.254. The van der Waals surface area contributed by atoms with Crippen molar-refractivity contribution in [3.8, 4) is 0 Å². The number of carbonyl (C=O) groups excluding carboxylic acids is 2. The van der Waals surface area contributed by atoms with Gasteiger partial charge >= 0.3 is 0 Å². The van der Waals surface area contributed by atoms with Crippen LogP contribution < -0.4 is 10.6 Å². The molecule has 2 N–H and O–H groups in total. The monoisotopic (exact) mass is 340 g/mol. The van der Waals surface area contributed by atoms with Crippen LogP contribution in [0.5, 0.6) is 0 Å². The van der Waals surface area contributed by atoms with E-state index < -0.39 is 16.9 Å². The van der Waals surface area contributed by atoms with Crippen LogP contribution in [0.25, 0.3) is 0 Å². The molecule has 1 saturated carbocycles. The summed E-state index contributed by atoms with van der Waals surface area (Å²) in [6.45, 7) is 0.268. The van der Waals surface area contributed by atoms with E-state index in [2.05, 4.69) is 15.6 Å². The number of rotatable bonds is 6. The fourth-order valence-corrected chi connectivity index (χ4v) is 2.43. The molecule has 0 unspecified atom stereocenters. The van der Waals surface area contributed by atoms with Crippen LogP contribution in [-0.4, -0.2) is 27.8 Å². The predicted molar refractivity (Wildman–Crippen MR) is 89.4 cm³/mol. The molecule has 8 nitrogen and oxygen atoms in total. The number of amides is 2. The lowest BCUT2D eigenvalue weighted by Crippen LogP contribution is -2.26. The number of nitrogens with zero attached hydrogens (tertiary/aromatic N) is 2. The van der Waals surface area contributed by atoms with Crippen LogP contribution in [0.1, 0.15) is 22.3 Å². The van der Waals surface area contributed by atoms with Gasteiger partial charge in [-0.05, 0) is 29.8 Å². The Morgan fingerprint density at radius 1 is 1.24 bits per heavy atom. The van der Waals surface area contributed by atoms with Crippen LogP contribution in [0.2, 0.25) is 0 Å². The summed E-state index contributed by atoms with van der Waals surface area (Å²) in [5, 5.41) is 16.0. The lowest BCUT2D eigenvalue weighted by molar-refractivity contribution is -0.497. The van der Waals surface area contributed by atoms with Gasteiger partial charge in [0.2, 0.25) is 11.9 Å². The van der Waals surface area contributed by atoms with Gasteiger partial charge in [-0.25, -0.2) is 0 Å². The quantitative estimate of drug-likeness (QED) is 0.612. The molecule has 1 aliphatic carbocycles. The fraction of sp³-hybridized carbons (Fsp3) is 0.235. The van der Waals surface area contributed by atoms with Gasteiger partial charge in [0.1, 0.15) is 5.92 Å². The SMILES string of the molecule is O=C(Nc1cccnc1)c1ccc(CNC(=O)[C@H]2C[C@@H]2[N+](=O)[O-])cc1. The van der Waals surface area contributed by atoms with Gasteiger partial charge in [-0.1, -0.05) is 12.1 Å². The Labute approximate surface area is 143 Å². The number of nitrogens with one attached hydrogen (secondary N) is 2. The summed E-state index contributed by atoms with van der Waals surface area (Å²) in [6.07, 6.45) is 3.47. The third kappa shape index (κ3) is 4.17. The summed E-state index contributed by atoms with van der Waals surface area (Å²) in [6, 6.07) is 9.50. The van der Waals surface area contributed by atoms with Gasteiger partial charge in [0.05, 0.1) is 11.9 Å². The van der Waals surface area contributed by atoms with Crippen molar-refractivity contribution in [3.05, 3.63) is 70.0 Å². The Morgan fingerprint density at radius 3 is 2.60 bits per heavy atom. The second kappa shape index (κ2) is 7.08. The van der Waals surface area contributed by atoms with Crippen LogP contribution in [0.4, 0.5) is 5.69 Å². The Balaban J connectivity index is 1.51. The molecular weight excluding hydrogens is 324 g/mol. The highest BCUT2D eigenvalue weighted by molar-refractivity contribution is 6.04. The van der Waals surface area contributed by atoms with Gasteiger partial charge in [0.15, 0.2) is 0 Å². The van der Waals surface area contributed by atoms with E-state index in [0.29, 0.717) is 17.7 Å². The van der Waals surface area contributed by atoms with Crippen molar-refractivity contribution >= 4 is 17.5 Å². The van der Waals surface area contributed by atoms with E-state index in [9.17, 15) is 19.7 Å². The number of carbonyl (C=O) groups is 2. The lowest BCUT2D eigenvalue weighted by atomic mass is 10.1. The van der Waals surface area contributed by atoms with Gasteiger partial charge < -0.3 is 10.6 Å². The fourth-order valence-electron chi connectivity index (χ4n) is 2.43. The molecule has 1 heterocycles. The molecule has 0 spiro atoms. The second-order valence-electron chi connectivity index (χ2n) is 5.81. The molecular formula is C17H16N4O4. The van der Waals surface area contributed by atoms with Gasteiger partial charge in [0, 0.05) is 29.6 Å². The van der Waals surface area contributed by atoms with E-state index >= 15 is 0 Å². The van der Waals surface area contributed by atoms with Crippen LogP contribution in [-0.2, 0) is 11.3 Å². The molecule has 1 aliphatic rings. The molecule has 0 radical (unpaired) electrons. The Morgan fingerprint density at radius 2 is 2.00 bits per heavy atom. The van der Waals surface area contributed by atoms with Gasteiger partial charge in [-0.2, -0.15) is 0 Å². The minimum Gasteiger partial charge on any atom is -0.352 e. The first-order valence-corrected chi connectivity index (χ1v) is 7.76. The molecule has 3 rings (SSSR count). The highest BCUT2D eigenvalue weighted by Crippen LogP contribution is 2.33. The third-order valence-electron chi connectivity index (χ3n) is 3.97. The highest BCUT2D eigenvalue weighted by Gasteiger charge is 2.53. The number of anilines is 1. The van der Waals surface area contributed by atoms with E-state index in [1.54, 1.807) is 48.8 Å². The van der Waals surface area contributed by atoms with Crippen molar-refractivity contribution in [1.82, 2.24) is 10.3 Å². The average Bonchev–Trinajstić information content (AvgIpc) is 3.42. The zero-order valence-electron chi connectivity index (χ0n) is 13.2. The van der Waals surface area contributed by atoms with Crippen LogP contribution in [0, 0.1) is 16.0 Å². The summed E-state index contributed by atoms with van der Waals surface area (Å²) >= 11 is 0. The smallest absolute Gasteiger partial charge is 0.255 e. The summed E-state index contributed by atoms with van der Waals surface area (Å²) in [4.78, 5) is 38.0. The van der Waals surface area contributed by atoms with Crippen molar-refractivity contribution in [2.75, 3.05) is 5.32 Å². The third-order valence-corrected chi connectivity index (χ3v) is 3.97. The molecule has 1 fully saturated rings. The molecule has 1 aromatic heterocycles. The predicted octanol–water partition coefficient (Wildman–Crippen LogP) is 1.62. The normalized spacial score (nSPS) is 18.2. The zero-order valence-corrected chi connectivity index (χ0v) is 13.2. The van der Waals surface area contributed by atoms with Crippen LogP contribution in [0.3, 0.4) is 0 Å². The van der Waals surface area contributed by atoms with E-state index in [1.165, 1.54) is 0 Å². The van der Waals surface area contributed by atoms with Crippen LogP contribution in [0.15, 0.2) is 48.8 Å². The minimum atomic E-state index is -0.751. The molecule has 0 saturated heterocycles. The standard InChI is InChI=1S/C17H16N4O4/c22-16(20-13-2-1-7-18-10-13)12-5-3-11(4-6-12)9-19-17(23)14-8-15(14)21(24)25/h1-7,10,14-15H,8-9H2,(H,19,23)(H,20,22)/t14-,15-/m0/s1. The van der Waals surface area contributed by atoms with Gasteiger partial charge in [0.25, 0.3) is 5.91 Å². The first-order valence-electron chi connectivity index (χ1n) is 7.76. The number of benzene rings is 1. The van der Waals surface area contributed by atoms with Gasteiger partial charge in [-0.3, -0.25) is 24.7 Å². The molecule has 2 atom stereocenters. The number of hydrogen-bond donors (Lipinski definition) is 2. The maximum absolute atomic E-state index is 12.1. The van der Waals surface area contributed by atoms with E-state index in [4.69, 9.17) is 0 Å². The Kier molecular flexibility index (Phi) is 4.69. The lowest BCUT2D eigenvalue weighted by Gasteiger charge is -2.07. The van der Waals surface area contributed by atoms with E-state index in [1.807, 2.05) is 0 Å². The maximum atomic E-state index is 12.1. The van der Waals surface area contributed by atoms with Gasteiger partial charge in [-0.15, -0.1) is 0 Å². The van der Waals surface area contributed by atoms with Crippen molar-refractivity contribution < 1.29 is 14.5 Å². The number of nitro groups is 1. The van der Waals surface area contributed by atoms with E-state index in [0.717, 1.165) is 5.56 Å². The number of pyridine rings is 1. The molecule has 8 heteroatoms. The average molecular weight is 340 g/mol. The Hall–Kier alpha value is -3.29. The maximum Gasteiger partial charge on any atom is 0.255 e. The molecule has 2 aromatic rings. The van der Waals surface area contributed by atoms with Crippen LogP contribution >= 0.6 is 0 Å². The highest BCUT2D eigenvalue weighted by atomic mass is 16.6. The topological polar surface area (TPSA) is 114 Å². The van der Waals surface area contributed by atoms with E-state index in [-0.39, 0.29) is 18.4 Å². The first kappa shape index (κ1) is 16.6. The largest absolute Gasteiger partial charge is 0.352 e. The molecule has 25 heavy (non-hydrogen) atoms. The van der Waals surface area contributed by atoms with Crippen molar-refractivity contribution in [2.24, 2.45) is 5.92 Å². The number of aromatic nitrogens is 1. The summed E-state index contributed by atoms with van der Waals surface area (Å²) in [5.41, 5.74) is 1.90. The second-order valence-corrected chi connectivity index (χ2v) is 5.81. The van der Waals surface area contributed by atoms with Crippen molar-refractivity contribution in [1.29, 1.82) is 0 Å². The number of hydrogen-bond acceptors (Lipinski definition) is 5. The van der Waals surface area contributed by atoms with Crippen molar-refractivity contribution in [2.45, 2.75) is 19.0 Å². The first-order chi connectivity index (χ1) is 12.0. The molecule has 1 aromatic carbocycles. The van der Waals surface area contributed by atoms with Crippen molar-refractivity contribution in [3.63, 3.8) is 0 Å². The molecule has 0 bridgehead atoms. The molecule has 128 valence electrons. The summed E-state index contributed by atoms with van der Waals surface area (Å²) < 4.78 is 0. The zero-order chi connectivity index (χ0) is 17.8. The molecule has 2 amide bonds. The molecule has 0 aliphatic heterocycles. The summed E-state index contributed by atoms with van der Waals surface area (Å²) in [5.74, 6) is -1.09. The summed E-state index contributed by atoms with van der Waals surface area (Å²) in [7, 11) is 0. The Bertz CT molecular complexity index is 792.